The number of amides is 1. The van der Waals surface area contributed by atoms with Crippen molar-refractivity contribution >= 4 is 11.9 Å². The molecule has 2 N–H and O–H groups in total. The highest BCUT2D eigenvalue weighted by Gasteiger charge is 2.49. The summed E-state index contributed by atoms with van der Waals surface area (Å²) in [7, 11) is 1.30. The predicted octanol–water partition coefficient (Wildman–Crippen LogP) is 5.33. The van der Waals surface area contributed by atoms with Crippen LogP contribution in [0.5, 0.6) is 5.75 Å². The second kappa shape index (κ2) is 12.2. The summed E-state index contributed by atoms with van der Waals surface area (Å²) in [5.74, 6) is 0.111. The lowest BCUT2D eigenvalue weighted by Gasteiger charge is -2.39. The zero-order valence-electron chi connectivity index (χ0n) is 23.4. The van der Waals surface area contributed by atoms with Crippen LogP contribution in [0.25, 0.3) is 0 Å². The number of rotatable bonds is 9. The zero-order chi connectivity index (χ0) is 29.1. The Morgan fingerprint density at radius 1 is 1.23 bits per heavy atom. The third-order valence-electron chi connectivity index (χ3n) is 8.29. The number of alkyl halides is 3. The average Bonchev–Trinajstić information content (AvgIpc) is 3.33. The van der Waals surface area contributed by atoms with Crippen molar-refractivity contribution in [1.29, 1.82) is 0 Å². The van der Waals surface area contributed by atoms with E-state index in [1.54, 1.807) is 29.2 Å². The largest absolute Gasteiger partial charge is 0.494 e. The standard InChI is InChI=1S/C30H38F3N3O4/c1-19(2)29(12-10-22(34)17-29)28(38)36-13-11-25-21(18-36)16-24(30(31,32)33)26(35-25)9-4-5-14-40-23-8-6-7-20(15-23)27(37)39-3/h6-8,15-16,19,22H,4-5,9-14,17-18,34H2,1-3H3/t22-,29+/m1/s1. The molecule has 1 saturated carbocycles. The van der Waals surface area contributed by atoms with Gasteiger partial charge < -0.3 is 20.1 Å². The zero-order valence-corrected chi connectivity index (χ0v) is 23.4. The summed E-state index contributed by atoms with van der Waals surface area (Å²) in [6, 6.07) is 7.72. The number of aromatic nitrogens is 1. The Balaban J connectivity index is 1.41. The lowest BCUT2D eigenvalue weighted by atomic mass is 9.74. The number of ether oxygens (including phenoxy) is 2. The lowest BCUT2D eigenvalue weighted by molar-refractivity contribution is -0.145. The number of pyridine rings is 1. The fourth-order valence-electron chi connectivity index (χ4n) is 5.93. The van der Waals surface area contributed by atoms with Crippen molar-refractivity contribution in [2.24, 2.45) is 17.1 Å². The molecule has 0 bridgehead atoms. The van der Waals surface area contributed by atoms with Gasteiger partial charge in [-0.25, -0.2) is 4.79 Å². The van der Waals surface area contributed by atoms with Gasteiger partial charge in [-0.2, -0.15) is 13.2 Å². The summed E-state index contributed by atoms with van der Waals surface area (Å²) < 4.78 is 52.6. The minimum atomic E-state index is -4.55. The molecule has 0 unspecified atom stereocenters. The molecule has 10 heteroatoms. The van der Waals surface area contributed by atoms with E-state index in [0.717, 1.165) is 6.42 Å². The van der Waals surface area contributed by atoms with Crippen molar-refractivity contribution < 1.29 is 32.2 Å². The molecular weight excluding hydrogens is 523 g/mol. The molecule has 2 aliphatic rings. The summed E-state index contributed by atoms with van der Waals surface area (Å²) in [5, 5.41) is 0. The van der Waals surface area contributed by atoms with E-state index in [-0.39, 0.29) is 43.1 Å². The Morgan fingerprint density at radius 3 is 2.65 bits per heavy atom. The van der Waals surface area contributed by atoms with Crippen LogP contribution in [0.1, 0.15) is 78.8 Å². The van der Waals surface area contributed by atoms with Gasteiger partial charge in [-0.3, -0.25) is 9.78 Å². The molecule has 4 rings (SSSR count). The van der Waals surface area contributed by atoms with E-state index in [4.69, 9.17) is 15.2 Å². The molecule has 1 amide bonds. The molecule has 2 aromatic rings. The highest BCUT2D eigenvalue weighted by molar-refractivity contribution is 5.89. The number of nitrogens with two attached hydrogens (primary N) is 1. The fraction of sp³-hybridized carbons (Fsp3) is 0.567. The SMILES string of the molecule is COC(=O)c1cccc(OCCCCc2nc3c(cc2C(F)(F)F)CN(C(=O)[C@@]2(C(C)C)CC[C@@H](N)C2)CC3)c1. The number of unbranched alkanes of at least 4 members (excludes halogenated alkanes) is 1. The van der Waals surface area contributed by atoms with Crippen molar-refractivity contribution in [3.63, 3.8) is 0 Å². The monoisotopic (exact) mass is 561 g/mol. The van der Waals surface area contributed by atoms with Crippen LogP contribution in [-0.4, -0.2) is 48.1 Å². The number of esters is 1. The van der Waals surface area contributed by atoms with Crippen LogP contribution in [-0.2, 0) is 35.1 Å². The van der Waals surface area contributed by atoms with Gasteiger partial charge in [0.25, 0.3) is 0 Å². The molecule has 1 aromatic carbocycles. The van der Waals surface area contributed by atoms with Crippen molar-refractivity contribution in [2.75, 3.05) is 20.3 Å². The van der Waals surface area contributed by atoms with Gasteiger partial charge in [-0.1, -0.05) is 19.9 Å². The maximum atomic E-state index is 14.1. The van der Waals surface area contributed by atoms with E-state index in [2.05, 4.69) is 4.98 Å². The van der Waals surface area contributed by atoms with Gasteiger partial charge in [0.2, 0.25) is 5.91 Å². The van der Waals surface area contributed by atoms with Gasteiger partial charge >= 0.3 is 12.1 Å². The van der Waals surface area contributed by atoms with Crippen molar-refractivity contribution in [3.8, 4) is 5.75 Å². The number of aryl methyl sites for hydroxylation is 1. The number of benzene rings is 1. The maximum Gasteiger partial charge on any atom is 0.418 e. The van der Waals surface area contributed by atoms with Crippen LogP contribution in [0.4, 0.5) is 13.2 Å². The number of nitrogens with zero attached hydrogens (tertiary/aromatic N) is 2. The molecule has 1 aliphatic heterocycles. The lowest BCUT2D eigenvalue weighted by Crippen LogP contribution is -2.48. The maximum absolute atomic E-state index is 14.1. The molecule has 218 valence electrons. The van der Waals surface area contributed by atoms with Crippen LogP contribution in [0, 0.1) is 11.3 Å². The van der Waals surface area contributed by atoms with Crippen LogP contribution >= 0.6 is 0 Å². The Labute approximate surface area is 233 Å². The molecule has 0 radical (unpaired) electrons. The second-order valence-corrected chi connectivity index (χ2v) is 11.2. The number of methoxy groups -OCH3 is 1. The Hall–Kier alpha value is -3.14. The molecule has 2 heterocycles. The highest BCUT2D eigenvalue weighted by Crippen LogP contribution is 2.46. The van der Waals surface area contributed by atoms with E-state index in [0.29, 0.717) is 61.2 Å². The number of fused-ring (bicyclic) bond motifs is 1. The van der Waals surface area contributed by atoms with Crippen LogP contribution in [0.2, 0.25) is 0 Å². The number of halogens is 3. The second-order valence-electron chi connectivity index (χ2n) is 11.2. The summed E-state index contributed by atoms with van der Waals surface area (Å²) in [4.78, 5) is 31.5. The first-order valence-electron chi connectivity index (χ1n) is 13.9. The van der Waals surface area contributed by atoms with Gasteiger partial charge in [0.15, 0.2) is 0 Å². The van der Waals surface area contributed by atoms with Crippen molar-refractivity contribution in [2.45, 2.75) is 77.6 Å². The molecule has 1 fully saturated rings. The Bertz CT molecular complexity index is 1230. The third-order valence-corrected chi connectivity index (χ3v) is 8.29. The highest BCUT2D eigenvalue weighted by atomic mass is 19.4. The number of hydrogen-bond donors (Lipinski definition) is 1. The minimum Gasteiger partial charge on any atom is -0.494 e. The van der Waals surface area contributed by atoms with Gasteiger partial charge in [0, 0.05) is 31.2 Å². The Morgan fingerprint density at radius 2 is 2.00 bits per heavy atom. The quantitative estimate of drug-likeness (QED) is 0.329. The van der Waals surface area contributed by atoms with Crippen molar-refractivity contribution in [1.82, 2.24) is 9.88 Å². The molecule has 1 aromatic heterocycles. The smallest absolute Gasteiger partial charge is 0.418 e. The summed E-state index contributed by atoms with van der Waals surface area (Å²) in [6.07, 6.45) is -0.906. The molecule has 7 nitrogen and oxygen atoms in total. The summed E-state index contributed by atoms with van der Waals surface area (Å²) >= 11 is 0. The number of carbonyl (C=O) groups is 2. The minimum absolute atomic E-state index is 0.00384. The van der Waals surface area contributed by atoms with Crippen LogP contribution in [0.3, 0.4) is 0 Å². The third kappa shape index (κ3) is 6.43. The first-order chi connectivity index (χ1) is 18.9. The normalized spacial score (nSPS) is 20.9. The van der Waals surface area contributed by atoms with Gasteiger partial charge in [0.1, 0.15) is 5.75 Å². The van der Waals surface area contributed by atoms with E-state index >= 15 is 0 Å². The molecule has 40 heavy (non-hydrogen) atoms. The molecule has 2 atom stereocenters. The Kier molecular flexibility index (Phi) is 9.07. The average molecular weight is 562 g/mol. The predicted molar refractivity (Wildman–Crippen MR) is 144 cm³/mol. The van der Waals surface area contributed by atoms with Gasteiger partial charge in [-0.15, -0.1) is 0 Å². The van der Waals surface area contributed by atoms with E-state index in [1.165, 1.54) is 13.2 Å². The topological polar surface area (TPSA) is 94.8 Å². The van der Waals surface area contributed by atoms with Gasteiger partial charge in [0.05, 0.1) is 36.0 Å². The molecule has 1 aliphatic carbocycles. The van der Waals surface area contributed by atoms with Crippen LogP contribution in [0.15, 0.2) is 30.3 Å². The summed E-state index contributed by atoms with van der Waals surface area (Å²) in [5.41, 5.74) is 6.34. The molecule has 0 saturated heterocycles. The van der Waals surface area contributed by atoms with E-state index < -0.39 is 23.1 Å². The van der Waals surface area contributed by atoms with E-state index in [9.17, 15) is 22.8 Å². The van der Waals surface area contributed by atoms with E-state index in [1.807, 2.05) is 13.8 Å². The fourth-order valence-corrected chi connectivity index (χ4v) is 5.93. The van der Waals surface area contributed by atoms with Crippen LogP contribution < -0.4 is 10.5 Å². The van der Waals surface area contributed by atoms with Gasteiger partial charge in [-0.05, 0) is 74.3 Å². The first kappa shape index (κ1) is 29.8. The summed E-state index contributed by atoms with van der Waals surface area (Å²) in [6.45, 7) is 4.90. The molecule has 0 spiro atoms. The first-order valence-corrected chi connectivity index (χ1v) is 13.9. The number of hydrogen-bond acceptors (Lipinski definition) is 6. The number of carbonyl (C=O) groups excluding carboxylic acids is 2. The van der Waals surface area contributed by atoms with Crippen molar-refractivity contribution in [3.05, 3.63) is 58.4 Å². The molecular formula is C30H38F3N3O4.